The summed E-state index contributed by atoms with van der Waals surface area (Å²) in [4.78, 5) is 0. The maximum absolute atomic E-state index is 12.0. The van der Waals surface area contributed by atoms with Crippen molar-refractivity contribution < 1.29 is 13.2 Å². The van der Waals surface area contributed by atoms with E-state index in [2.05, 4.69) is 5.32 Å². The Labute approximate surface area is 109 Å². The number of methoxy groups -OCH3 is 1. The summed E-state index contributed by atoms with van der Waals surface area (Å²) in [5, 5.41) is 2.98. The zero-order valence-corrected chi connectivity index (χ0v) is 12.0. The molecule has 0 radical (unpaired) electrons. The van der Waals surface area contributed by atoms with Crippen molar-refractivity contribution in [2.75, 3.05) is 36.6 Å². The molecular weight excluding hydrogens is 252 g/mol. The van der Waals surface area contributed by atoms with Crippen molar-refractivity contribution in [3.05, 3.63) is 18.2 Å². The first-order chi connectivity index (χ1) is 8.46. The van der Waals surface area contributed by atoms with Gasteiger partial charge >= 0.3 is 0 Å². The zero-order chi connectivity index (χ0) is 13.8. The van der Waals surface area contributed by atoms with Crippen LogP contribution in [0.5, 0.6) is 5.75 Å². The van der Waals surface area contributed by atoms with Gasteiger partial charge in [-0.25, -0.2) is 8.42 Å². The van der Waals surface area contributed by atoms with Gasteiger partial charge in [0.15, 0.2) is 0 Å². The zero-order valence-electron chi connectivity index (χ0n) is 11.2. The Balaban J connectivity index is 3.11. The average molecular weight is 272 g/mol. The molecule has 0 unspecified atom stereocenters. The third-order valence-electron chi connectivity index (χ3n) is 2.70. The second kappa shape index (κ2) is 5.95. The standard InChI is InChI=1S/C12H20N2O3S/c1-5-8-18(15,16)14(3)10-6-7-11(13-2)12(9-10)17-4/h6-7,9,13H,5,8H2,1-4H3. The fourth-order valence-electron chi connectivity index (χ4n) is 1.64. The van der Waals surface area contributed by atoms with Crippen LogP contribution in [0.25, 0.3) is 0 Å². The molecule has 102 valence electrons. The van der Waals surface area contributed by atoms with E-state index >= 15 is 0 Å². The maximum atomic E-state index is 12.0. The van der Waals surface area contributed by atoms with Crippen molar-refractivity contribution in [3.8, 4) is 5.75 Å². The molecule has 1 N–H and O–H groups in total. The first kappa shape index (κ1) is 14.6. The third kappa shape index (κ3) is 3.07. The van der Waals surface area contributed by atoms with E-state index in [0.717, 1.165) is 5.69 Å². The molecule has 0 saturated carbocycles. The van der Waals surface area contributed by atoms with Crippen molar-refractivity contribution in [1.82, 2.24) is 0 Å². The van der Waals surface area contributed by atoms with E-state index in [1.165, 1.54) is 4.31 Å². The number of ether oxygens (including phenoxy) is 1. The van der Waals surface area contributed by atoms with E-state index < -0.39 is 10.0 Å². The van der Waals surface area contributed by atoms with E-state index in [1.54, 1.807) is 39.4 Å². The second-order valence-corrected chi connectivity index (χ2v) is 6.04. The van der Waals surface area contributed by atoms with Gasteiger partial charge in [0.1, 0.15) is 5.75 Å². The maximum Gasteiger partial charge on any atom is 0.234 e. The summed E-state index contributed by atoms with van der Waals surface area (Å²) in [6.07, 6.45) is 0.596. The van der Waals surface area contributed by atoms with Crippen LogP contribution in [-0.4, -0.2) is 35.4 Å². The quantitative estimate of drug-likeness (QED) is 0.859. The molecule has 1 rings (SSSR count). The number of hydrogen-bond acceptors (Lipinski definition) is 4. The van der Waals surface area contributed by atoms with Crippen LogP contribution >= 0.6 is 0 Å². The van der Waals surface area contributed by atoms with Crippen LogP contribution in [-0.2, 0) is 10.0 Å². The van der Waals surface area contributed by atoms with Crippen LogP contribution in [0.3, 0.4) is 0 Å². The Bertz CT molecular complexity index is 500. The molecule has 0 aliphatic heterocycles. The van der Waals surface area contributed by atoms with Gasteiger partial charge in [-0.2, -0.15) is 0 Å². The van der Waals surface area contributed by atoms with Crippen LogP contribution in [0.4, 0.5) is 11.4 Å². The number of hydrogen-bond donors (Lipinski definition) is 1. The first-order valence-electron chi connectivity index (χ1n) is 5.78. The molecule has 18 heavy (non-hydrogen) atoms. The predicted octanol–water partition coefficient (Wildman–Crippen LogP) is 1.91. The summed E-state index contributed by atoms with van der Waals surface area (Å²) in [5.41, 5.74) is 1.42. The molecule has 0 aliphatic carbocycles. The highest BCUT2D eigenvalue weighted by molar-refractivity contribution is 7.92. The molecule has 0 aliphatic rings. The average Bonchev–Trinajstić information content (AvgIpc) is 2.36. The number of anilines is 2. The van der Waals surface area contributed by atoms with E-state index in [-0.39, 0.29) is 5.75 Å². The van der Waals surface area contributed by atoms with Gasteiger partial charge in [0.2, 0.25) is 10.0 Å². The minimum Gasteiger partial charge on any atom is -0.495 e. The molecule has 0 heterocycles. The van der Waals surface area contributed by atoms with Crippen LogP contribution < -0.4 is 14.4 Å². The number of rotatable bonds is 6. The number of nitrogens with one attached hydrogen (secondary N) is 1. The van der Waals surface area contributed by atoms with Crippen LogP contribution in [0.2, 0.25) is 0 Å². The van der Waals surface area contributed by atoms with Crippen molar-refractivity contribution in [2.45, 2.75) is 13.3 Å². The second-order valence-electron chi connectivity index (χ2n) is 3.92. The van der Waals surface area contributed by atoms with E-state index in [9.17, 15) is 8.42 Å². The molecule has 0 amide bonds. The molecule has 1 aromatic carbocycles. The molecular formula is C12H20N2O3S. The Morgan fingerprint density at radius 3 is 2.56 bits per heavy atom. The summed E-state index contributed by atoms with van der Waals surface area (Å²) in [7, 11) is 1.65. The van der Waals surface area contributed by atoms with Gasteiger partial charge in [0.25, 0.3) is 0 Å². The summed E-state index contributed by atoms with van der Waals surface area (Å²) in [6, 6.07) is 5.26. The summed E-state index contributed by atoms with van der Waals surface area (Å²) in [6.45, 7) is 1.84. The summed E-state index contributed by atoms with van der Waals surface area (Å²) >= 11 is 0. The lowest BCUT2D eigenvalue weighted by atomic mass is 10.2. The number of benzene rings is 1. The monoisotopic (exact) mass is 272 g/mol. The van der Waals surface area contributed by atoms with Gasteiger partial charge < -0.3 is 10.1 Å². The van der Waals surface area contributed by atoms with Crippen LogP contribution in [0.1, 0.15) is 13.3 Å². The fourth-order valence-corrected chi connectivity index (χ4v) is 2.86. The van der Waals surface area contributed by atoms with Gasteiger partial charge in [-0.3, -0.25) is 4.31 Å². The van der Waals surface area contributed by atoms with Crippen molar-refractivity contribution >= 4 is 21.4 Å². The highest BCUT2D eigenvalue weighted by atomic mass is 32.2. The minimum atomic E-state index is -3.25. The number of nitrogens with zero attached hydrogens (tertiary/aromatic N) is 1. The number of sulfonamides is 1. The fraction of sp³-hybridized carbons (Fsp3) is 0.500. The van der Waals surface area contributed by atoms with Crippen molar-refractivity contribution in [3.63, 3.8) is 0 Å². The molecule has 0 bridgehead atoms. The normalized spacial score (nSPS) is 11.1. The molecule has 0 atom stereocenters. The first-order valence-corrected chi connectivity index (χ1v) is 7.39. The Kier molecular flexibility index (Phi) is 4.84. The Hall–Kier alpha value is -1.43. The molecule has 6 heteroatoms. The smallest absolute Gasteiger partial charge is 0.234 e. The highest BCUT2D eigenvalue weighted by Gasteiger charge is 2.18. The van der Waals surface area contributed by atoms with E-state index in [0.29, 0.717) is 17.9 Å². The van der Waals surface area contributed by atoms with Crippen LogP contribution in [0.15, 0.2) is 18.2 Å². The summed E-state index contributed by atoms with van der Waals surface area (Å²) < 4.78 is 30.4. The highest BCUT2D eigenvalue weighted by Crippen LogP contribution is 2.30. The van der Waals surface area contributed by atoms with Crippen molar-refractivity contribution in [2.24, 2.45) is 0 Å². The summed E-state index contributed by atoms with van der Waals surface area (Å²) in [5.74, 6) is 0.758. The lowest BCUT2D eigenvalue weighted by Gasteiger charge is -2.20. The topological polar surface area (TPSA) is 58.6 Å². The van der Waals surface area contributed by atoms with Gasteiger partial charge in [-0.15, -0.1) is 0 Å². The SMILES string of the molecule is CCCS(=O)(=O)N(C)c1ccc(NC)c(OC)c1. The third-order valence-corrected chi connectivity index (χ3v) is 4.67. The largest absolute Gasteiger partial charge is 0.495 e. The molecule has 5 nitrogen and oxygen atoms in total. The molecule has 0 fully saturated rings. The van der Waals surface area contributed by atoms with Crippen molar-refractivity contribution in [1.29, 1.82) is 0 Å². The molecule has 0 spiro atoms. The van der Waals surface area contributed by atoms with Crippen LogP contribution in [0, 0.1) is 0 Å². The van der Waals surface area contributed by atoms with Gasteiger partial charge in [0.05, 0.1) is 24.2 Å². The van der Waals surface area contributed by atoms with Gasteiger partial charge in [-0.1, -0.05) is 6.92 Å². The Morgan fingerprint density at radius 1 is 1.39 bits per heavy atom. The minimum absolute atomic E-state index is 0.138. The lowest BCUT2D eigenvalue weighted by molar-refractivity contribution is 0.417. The Morgan fingerprint density at radius 2 is 2.06 bits per heavy atom. The molecule has 0 aromatic heterocycles. The van der Waals surface area contributed by atoms with Gasteiger partial charge in [-0.05, 0) is 18.6 Å². The predicted molar refractivity (Wildman–Crippen MR) is 75.0 cm³/mol. The lowest BCUT2D eigenvalue weighted by Crippen LogP contribution is -2.28. The van der Waals surface area contributed by atoms with Gasteiger partial charge in [0, 0.05) is 20.2 Å². The molecule has 1 aromatic rings. The van der Waals surface area contributed by atoms with E-state index in [4.69, 9.17) is 4.74 Å². The van der Waals surface area contributed by atoms with E-state index in [1.807, 2.05) is 6.92 Å². The molecule has 0 saturated heterocycles.